The molecule has 0 aliphatic carbocycles. The number of carbonyl (C=O) groups is 1. The molecule has 1 aromatic carbocycles. The Balaban J connectivity index is 2.14. The zero-order chi connectivity index (χ0) is 16.8. The van der Waals surface area contributed by atoms with E-state index in [2.05, 4.69) is 17.2 Å². The highest BCUT2D eigenvalue weighted by Crippen LogP contribution is 2.16. The molecule has 0 fully saturated rings. The number of fused-ring (bicyclic) bond motifs is 1. The Kier molecular flexibility index (Phi) is 5.40. The number of unbranched alkanes of at least 4 members (excludes halogenated alkanes) is 2. The number of rotatable bonds is 7. The van der Waals surface area contributed by atoms with E-state index >= 15 is 0 Å². The average Bonchev–Trinajstić information content (AvgIpc) is 2.54. The molecule has 23 heavy (non-hydrogen) atoms. The van der Waals surface area contributed by atoms with Crippen LogP contribution in [0.4, 0.5) is 5.69 Å². The number of hydrogen-bond acceptors (Lipinski definition) is 5. The molecule has 1 amide bonds. The lowest BCUT2D eigenvalue weighted by Gasteiger charge is -2.07. The normalized spacial score (nSPS) is 10.7. The summed E-state index contributed by atoms with van der Waals surface area (Å²) in [6.07, 6.45) is 4.24. The van der Waals surface area contributed by atoms with Crippen LogP contribution in [-0.2, 0) is 11.3 Å². The van der Waals surface area contributed by atoms with E-state index in [1.807, 2.05) is 0 Å². The number of nitrogens with one attached hydrogen (secondary N) is 1. The summed E-state index contributed by atoms with van der Waals surface area (Å²) in [7, 11) is 0. The van der Waals surface area contributed by atoms with Gasteiger partial charge in [0, 0.05) is 18.7 Å². The number of benzene rings is 1. The van der Waals surface area contributed by atoms with Crippen molar-refractivity contribution >= 4 is 22.5 Å². The predicted molar refractivity (Wildman–Crippen MR) is 85.2 cm³/mol. The SMILES string of the molecule is CCCCCNC(=O)Cn1cnc2cc([N+](=O)[O-])ccc2c1=O. The first kappa shape index (κ1) is 16.6. The lowest BCUT2D eigenvalue weighted by atomic mass is 10.2. The fraction of sp³-hybridized carbons (Fsp3) is 0.400. The van der Waals surface area contributed by atoms with Crippen LogP contribution >= 0.6 is 0 Å². The number of nitro benzene ring substituents is 1. The minimum absolute atomic E-state index is 0.120. The second-order valence-corrected chi connectivity index (χ2v) is 5.19. The highest BCUT2D eigenvalue weighted by molar-refractivity contribution is 5.80. The van der Waals surface area contributed by atoms with Crippen LogP contribution in [0.25, 0.3) is 10.9 Å². The fourth-order valence-electron chi connectivity index (χ4n) is 2.19. The van der Waals surface area contributed by atoms with Crippen molar-refractivity contribution in [2.75, 3.05) is 6.54 Å². The molecule has 0 spiro atoms. The van der Waals surface area contributed by atoms with E-state index in [1.165, 1.54) is 29.1 Å². The maximum Gasteiger partial charge on any atom is 0.271 e. The Morgan fingerprint density at radius 1 is 1.39 bits per heavy atom. The van der Waals surface area contributed by atoms with Crippen molar-refractivity contribution in [2.45, 2.75) is 32.7 Å². The van der Waals surface area contributed by atoms with Gasteiger partial charge in [0.1, 0.15) is 6.54 Å². The summed E-state index contributed by atoms with van der Waals surface area (Å²) in [6.45, 7) is 2.53. The molecule has 8 nitrogen and oxygen atoms in total. The number of carbonyl (C=O) groups excluding carboxylic acids is 1. The summed E-state index contributed by atoms with van der Waals surface area (Å²) in [5.41, 5.74) is -0.284. The summed E-state index contributed by atoms with van der Waals surface area (Å²) in [5, 5.41) is 13.7. The fourth-order valence-corrected chi connectivity index (χ4v) is 2.19. The summed E-state index contributed by atoms with van der Waals surface area (Å²) in [6, 6.07) is 3.85. The Bertz CT molecular complexity index is 785. The molecule has 0 aliphatic heterocycles. The Morgan fingerprint density at radius 2 is 2.17 bits per heavy atom. The lowest BCUT2D eigenvalue weighted by molar-refractivity contribution is -0.384. The highest BCUT2D eigenvalue weighted by atomic mass is 16.6. The Labute approximate surface area is 132 Å². The molecule has 0 saturated carbocycles. The first-order valence-corrected chi connectivity index (χ1v) is 7.43. The molecule has 8 heteroatoms. The lowest BCUT2D eigenvalue weighted by Crippen LogP contribution is -2.33. The third-order valence-electron chi connectivity index (χ3n) is 3.44. The van der Waals surface area contributed by atoms with Crippen LogP contribution < -0.4 is 10.9 Å². The maximum absolute atomic E-state index is 12.3. The van der Waals surface area contributed by atoms with Crippen LogP contribution in [0.15, 0.2) is 29.3 Å². The number of hydrogen-bond donors (Lipinski definition) is 1. The summed E-state index contributed by atoms with van der Waals surface area (Å²) in [4.78, 5) is 38.3. The van der Waals surface area contributed by atoms with E-state index in [4.69, 9.17) is 0 Å². The number of aromatic nitrogens is 2. The third kappa shape index (κ3) is 4.12. The zero-order valence-electron chi connectivity index (χ0n) is 12.8. The van der Waals surface area contributed by atoms with Gasteiger partial charge >= 0.3 is 0 Å². The number of nitrogens with zero attached hydrogens (tertiary/aromatic N) is 3. The number of amides is 1. The van der Waals surface area contributed by atoms with Crippen LogP contribution in [0.5, 0.6) is 0 Å². The van der Waals surface area contributed by atoms with E-state index in [1.54, 1.807) is 0 Å². The predicted octanol–water partition coefficient (Wildman–Crippen LogP) is 1.61. The van der Waals surface area contributed by atoms with Gasteiger partial charge in [0.2, 0.25) is 5.91 Å². The number of non-ortho nitro benzene ring substituents is 1. The van der Waals surface area contributed by atoms with E-state index in [0.29, 0.717) is 6.54 Å². The van der Waals surface area contributed by atoms with Gasteiger partial charge in [-0.15, -0.1) is 0 Å². The van der Waals surface area contributed by atoms with Crippen molar-refractivity contribution in [1.29, 1.82) is 0 Å². The number of nitro groups is 1. The zero-order valence-corrected chi connectivity index (χ0v) is 12.8. The van der Waals surface area contributed by atoms with Crippen LogP contribution in [0, 0.1) is 10.1 Å². The minimum atomic E-state index is -0.545. The topological polar surface area (TPSA) is 107 Å². The van der Waals surface area contributed by atoms with Gasteiger partial charge in [0.05, 0.1) is 22.2 Å². The summed E-state index contributed by atoms with van der Waals surface area (Å²) >= 11 is 0. The van der Waals surface area contributed by atoms with Gasteiger partial charge in [-0.25, -0.2) is 4.98 Å². The standard InChI is InChI=1S/C15H18N4O4/c1-2-3-4-7-16-14(20)9-18-10-17-13-8-11(19(22)23)5-6-12(13)15(18)21/h5-6,8,10H,2-4,7,9H2,1H3,(H,16,20). The van der Waals surface area contributed by atoms with Crippen LogP contribution in [0.1, 0.15) is 26.2 Å². The van der Waals surface area contributed by atoms with Crippen LogP contribution in [-0.4, -0.2) is 26.9 Å². The summed E-state index contributed by atoms with van der Waals surface area (Å²) in [5.74, 6) is -0.258. The molecular weight excluding hydrogens is 300 g/mol. The van der Waals surface area contributed by atoms with E-state index in [0.717, 1.165) is 19.3 Å². The molecule has 1 aromatic heterocycles. The highest BCUT2D eigenvalue weighted by Gasteiger charge is 2.11. The molecule has 0 aliphatic rings. The van der Waals surface area contributed by atoms with Crippen molar-refractivity contribution < 1.29 is 9.72 Å². The smallest absolute Gasteiger partial charge is 0.271 e. The van der Waals surface area contributed by atoms with Crippen molar-refractivity contribution in [3.63, 3.8) is 0 Å². The molecule has 0 atom stereocenters. The maximum atomic E-state index is 12.3. The van der Waals surface area contributed by atoms with Crippen molar-refractivity contribution in [2.24, 2.45) is 0 Å². The second kappa shape index (κ2) is 7.48. The van der Waals surface area contributed by atoms with Gasteiger partial charge in [-0.3, -0.25) is 24.3 Å². The van der Waals surface area contributed by atoms with Gasteiger partial charge in [0.25, 0.3) is 11.2 Å². The van der Waals surface area contributed by atoms with E-state index < -0.39 is 10.5 Å². The monoisotopic (exact) mass is 318 g/mol. The second-order valence-electron chi connectivity index (χ2n) is 5.19. The minimum Gasteiger partial charge on any atom is -0.355 e. The van der Waals surface area contributed by atoms with Crippen LogP contribution in [0.3, 0.4) is 0 Å². The molecular formula is C15H18N4O4. The molecule has 1 N–H and O–H groups in total. The van der Waals surface area contributed by atoms with Crippen molar-refractivity contribution in [3.8, 4) is 0 Å². The molecule has 2 rings (SSSR count). The van der Waals surface area contributed by atoms with E-state index in [-0.39, 0.29) is 29.0 Å². The Morgan fingerprint density at radius 3 is 2.87 bits per heavy atom. The first-order chi connectivity index (χ1) is 11.0. The van der Waals surface area contributed by atoms with Gasteiger partial charge in [-0.05, 0) is 12.5 Å². The molecule has 2 aromatic rings. The van der Waals surface area contributed by atoms with E-state index in [9.17, 15) is 19.7 Å². The van der Waals surface area contributed by atoms with Gasteiger partial charge in [0.15, 0.2) is 0 Å². The van der Waals surface area contributed by atoms with Crippen molar-refractivity contribution in [3.05, 3.63) is 45.0 Å². The molecule has 0 bridgehead atoms. The van der Waals surface area contributed by atoms with Crippen LogP contribution in [0.2, 0.25) is 0 Å². The third-order valence-corrected chi connectivity index (χ3v) is 3.44. The molecule has 122 valence electrons. The molecule has 0 unspecified atom stereocenters. The molecule has 1 heterocycles. The first-order valence-electron chi connectivity index (χ1n) is 7.43. The molecule has 0 saturated heterocycles. The molecule has 0 radical (unpaired) electrons. The Hall–Kier alpha value is -2.77. The average molecular weight is 318 g/mol. The summed E-state index contributed by atoms with van der Waals surface area (Å²) < 4.78 is 1.20. The quantitative estimate of drug-likeness (QED) is 0.474. The van der Waals surface area contributed by atoms with Gasteiger partial charge < -0.3 is 5.32 Å². The van der Waals surface area contributed by atoms with Crippen molar-refractivity contribution in [1.82, 2.24) is 14.9 Å². The van der Waals surface area contributed by atoms with Gasteiger partial charge in [-0.2, -0.15) is 0 Å². The largest absolute Gasteiger partial charge is 0.355 e. The van der Waals surface area contributed by atoms with Gasteiger partial charge in [-0.1, -0.05) is 19.8 Å².